The van der Waals surface area contributed by atoms with Crippen LogP contribution in [-0.2, 0) is 18.9 Å². The molecule has 0 bridgehead atoms. The van der Waals surface area contributed by atoms with Crippen molar-refractivity contribution < 1.29 is 38.7 Å². The van der Waals surface area contributed by atoms with E-state index in [1.54, 1.807) is 0 Å². The molecule has 0 aliphatic rings. The zero-order valence-corrected chi connectivity index (χ0v) is 40.1. The topological polar surface area (TPSA) is 161 Å². The highest BCUT2D eigenvalue weighted by Gasteiger charge is 2.32. The standard InChI is InChI=1S/C50H93NO4.H3O4P/c1-4-7-10-13-16-19-21-23-25-27-29-32-34-37-40-43-46(52)49(51-48(54)45-42-39-36-31-18-15-12-9-6-3)50(55)47(53)44-41-38-35-33-30-28-26-24-22-20-17-14-11-8-5-2;1-5(2,3)4/h23-26,49-50,55H,4-22,27-45H2,1-3H3,(H,51,54);(H3,1,2,3,4)/b25-23-,26-24-;. The Kier molecular flexibility index (Phi) is 47.2. The Labute approximate surface area is 369 Å². The van der Waals surface area contributed by atoms with Gasteiger partial charge in [-0.2, -0.15) is 0 Å². The minimum Gasteiger partial charge on any atom is -0.383 e. The van der Waals surface area contributed by atoms with Gasteiger partial charge in [-0.15, -0.1) is 0 Å². The van der Waals surface area contributed by atoms with Crippen molar-refractivity contribution in [1.29, 1.82) is 0 Å². The van der Waals surface area contributed by atoms with Crippen molar-refractivity contribution in [2.45, 2.75) is 277 Å². The van der Waals surface area contributed by atoms with Crippen LogP contribution >= 0.6 is 7.82 Å². The Morgan fingerprint density at radius 2 is 0.667 bits per heavy atom. The van der Waals surface area contributed by atoms with Gasteiger partial charge in [-0.1, -0.05) is 199 Å². The molecule has 9 nitrogen and oxygen atoms in total. The smallest absolute Gasteiger partial charge is 0.383 e. The minimum absolute atomic E-state index is 0.205. The molecule has 354 valence electrons. The lowest BCUT2D eigenvalue weighted by molar-refractivity contribution is -0.137. The van der Waals surface area contributed by atoms with Gasteiger partial charge in [0, 0.05) is 19.3 Å². The zero-order chi connectivity index (χ0) is 44.8. The lowest BCUT2D eigenvalue weighted by atomic mass is 9.95. The summed E-state index contributed by atoms with van der Waals surface area (Å²) in [4.78, 5) is 60.9. The van der Waals surface area contributed by atoms with Crippen LogP contribution in [-0.4, -0.2) is 49.4 Å². The zero-order valence-electron chi connectivity index (χ0n) is 39.2. The van der Waals surface area contributed by atoms with Gasteiger partial charge in [-0.25, -0.2) is 4.57 Å². The van der Waals surface area contributed by atoms with Gasteiger partial charge in [0.25, 0.3) is 0 Å². The number of ketones is 2. The normalized spacial score (nSPS) is 12.8. The number of aliphatic hydroxyl groups excluding tert-OH is 1. The summed E-state index contributed by atoms with van der Waals surface area (Å²) in [6, 6.07) is -1.13. The monoisotopic (exact) mass is 870 g/mol. The molecule has 2 atom stereocenters. The van der Waals surface area contributed by atoms with Crippen LogP contribution in [0.4, 0.5) is 0 Å². The maximum absolute atomic E-state index is 13.4. The molecule has 0 aliphatic heterocycles. The van der Waals surface area contributed by atoms with Crippen LogP contribution in [0.1, 0.15) is 265 Å². The number of allylic oxidation sites excluding steroid dienone is 4. The van der Waals surface area contributed by atoms with E-state index in [0.29, 0.717) is 19.3 Å². The molecular weight excluding hydrogens is 774 g/mol. The van der Waals surface area contributed by atoms with Crippen LogP contribution in [0, 0.1) is 0 Å². The molecule has 0 saturated carbocycles. The second-order valence-corrected chi connectivity index (χ2v) is 18.2. The van der Waals surface area contributed by atoms with Gasteiger partial charge < -0.3 is 25.1 Å². The third-order valence-electron chi connectivity index (χ3n) is 11.2. The Morgan fingerprint density at radius 3 is 0.983 bits per heavy atom. The molecule has 0 saturated heterocycles. The van der Waals surface area contributed by atoms with E-state index in [-0.39, 0.29) is 23.9 Å². The first-order chi connectivity index (χ1) is 29.0. The van der Waals surface area contributed by atoms with E-state index in [2.05, 4.69) is 50.4 Å². The Morgan fingerprint density at radius 1 is 0.417 bits per heavy atom. The number of rotatable bonds is 44. The molecule has 60 heavy (non-hydrogen) atoms. The van der Waals surface area contributed by atoms with E-state index < -0.39 is 20.0 Å². The average Bonchev–Trinajstić information content (AvgIpc) is 3.21. The van der Waals surface area contributed by atoms with Crippen LogP contribution < -0.4 is 5.32 Å². The third kappa shape index (κ3) is 49.0. The molecule has 5 N–H and O–H groups in total. The first-order valence-corrected chi connectivity index (χ1v) is 26.6. The van der Waals surface area contributed by atoms with Crippen LogP contribution in [0.2, 0.25) is 0 Å². The number of carbonyl (C=O) groups is 3. The molecule has 0 heterocycles. The van der Waals surface area contributed by atoms with E-state index in [4.69, 9.17) is 19.2 Å². The molecule has 0 fully saturated rings. The van der Waals surface area contributed by atoms with E-state index in [0.717, 1.165) is 77.0 Å². The fourth-order valence-electron chi connectivity index (χ4n) is 7.41. The fourth-order valence-corrected chi connectivity index (χ4v) is 7.41. The minimum atomic E-state index is -4.64. The van der Waals surface area contributed by atoms with Crippen LogP contribution in [0.15, 0.2) is 24.3 Å². The molecule has 0 radical (unpaired) electrons. The van der Waals surface area contributed by atoms with E-state index in [1.165, 1.54) is 141 Å². The number of Topliss-reactive ketones (excluding diaryl/α,β-unsaturated/α-hetero) is 2. The second kappa shape index (κ2) is 46.9. The van der Waals surface area contributed by atoms with Gasteiger partial charge in [-0.05, 0) is 70.6 Å². The van der Waals surface area contributed by atoms with E-state index in [1.807, 2.05) is 0 Å². The van der Waals surface area contributed by atoms with Crippen molar-refractivity contribution in [2.75, 3.05) is 0 Å². The Bertz CT molecular complexity index is 1070. The van der Waals surface area contributed by atoms with Gasteiger partial charge >= 0.3 is 7.82 Å². The van der Waals surface area contributed by atoms with E-state index >= 15 is 0 Å². The predicted molar refractivity (Wildman–Crippen MR) is 253 cm³/mol. The predicted octanol–water partition coefficient (Wildman–Crippen LogP) is 14.0. The second-order valence-electron chi connectivity index (χ2n) is 17.2. The highest BCUT2D eigenvalue weighted by atomic mass is 31.2. The fraction of sp³-hybridized carbons (Fsp3) is 0.860. The van der Waals surface area contributed by atoms with Crippen LogP contribution in [0.3, 0.4) is 0 Å². The molecule has 0 aromatic heterocycles. The molecule has 1 amide bonds. The quantitative estimate of drug-likeness (QED) is 0.0230. The number of phosphoric acid groups is 1. The van der Waals surface area contributed by atoms with Crippen molar-refractivity contribution >= 4 is 25.3 Å². The SMILES string of the molecule is CCCCCCCC/C=C\CCCCCCCC(=O)C(O)C(NC(=O)CCCCCCCCCCC)C(=O)CCCCCCC/C=C\CCCCCCCC.O=P(O)(O)O. The lowest BCUT2D eigenvalue weighted by Crippen LogP contribution is -2.51. The third-order valence-corrected chi connectivity index (χ3v) is 11.2. The summed E-state index contributed by atoms with van der Waals surface area (Å²) in [6.45, 7) is 6.75. The number of amides is 1. The largest absolute Gasteiger partial charge is 0.466 e. The van der Waals surface area contributed by atoms with E-state index in [9.17, 15) is 19.5 Å². The molecule has 0 aliphatic carbocycles. The molecule has 0 aromatic rings. The average molecular weight is 870 g/mol. The molecule has 10 heteroatoms. The number of hydrogen-bond acceptors (Lipinski definition) is 5. The number of carbonyl (C=O) groups excluding carboxylic acids is 3. The first kappa shape index (κ1) is 60.4. The summed E-state index contributed by atoms with van der Waals surface area (Å²) in [5.74, 6) is -0.744. The van der Waals surface area contributed by atoms with Gasteiger partial charge in [0.1, 0.15) is 12.1 Å². The summed E-state index contributed by atoms with van der Waals surface area (Å²) in [6.07, 6.45) is 50.1. The van der Waals surface area contributed by atoms with Crippen LogP contribution in [0.5, 0.6) is 0 Å². The number of nitrogens with one attached hydrogen (secondary N) is 1. The maximum atomic E-state index is 13.4. The molecule has 0 aromatic carbocycles. The summed E-state index contributed by atoms with van der Waals surface area (Å²) < 4.78 is 8.88. The Balaban J connectivity index is 0. The maximum Gasteiger partial charge on any atom is 0.466 e. The van der Waals surface area contributed by atoms with Crippen molar-refractivity contribution in [2.24, 2.45) is 0 Å². The van der Waals surface area contributed by atoms with Gasteiger partial charge in [0.15, 0.2) is 11.6 Å². The van der Waals surface area contributed by atoms with Crippen molar-refractivity contribution in [3.63, 3.8) is 0 Å². The number of unbranched alkanes of at least 4 members (excludes halogenated alkanes) is 30. The van der Waals surface area contributed by atoms with Gasteiger partial charge in [-0.3, -0.25) is 14.4 Å². The van der Waals surface area contributed by atoms with Crippen molar-refractivity contribution in [1.82, 2.24) is 5.32 Å². The molecule has 0 rings (SSSR count). The molecule has 2 unspecified atom stereocenters. The molecule has 0 spiro atoms. The summed E-state index contributed by atoms with van der Waals surface area (Å²) in [5.41, 5.74) is 0. The van der Waals surface area contributed by atoms with Crippen molar-refractivity contribution in [3.8, 4) is 0 Å². The number of aliphatic hydroxyl groups is 1. The lowest BCUT2D eigenvalue weighted by Gasteiger charge is -2.22. The summed E-state index contributed by atoms with van der Waals surface area (Å²) in [7, 11) is -4.64. The van der Waals surface area contributed by atoms with Crippen LogP contribution in [0.25, 0.3) is 0 Å². The Hall–Kier alpha value is -1.64. The number of hydrogen-bond donors (Lipinski definition) is 5. The van der Waals surface area contributed by atoms with Gasteiger partial charge in [0.2, 0.25) is 5.91 Å². The summed E-state index contributed by atoms with van der Waals surface area (Å²) in [5, 5.41) is 13.9. The molecular formula is C50H96NO8P. The highest BCUT2D eigenvalue weighted by molar-refractivity contribution is 7.45. The summed E-state index contributed by atoms with van der Waals surface area (Å²) >= 11 is 0. The van der Waals surface area contributed by atoms with Crippen molar-refractivity contribution in [3.05, 3.63) is 24.3 Å². The first-order valence-electron chi connectivity index (χ1n) is 25.1. The highest BCUT2D eigenvalue weighted by Crippen LogP contribution is 2.26. The van der Waals surface area contributed by atoms with Gasteiger partial charge in [0.05, 0.1) is 0 Å².